The van der Waals surface area contributed by atoms with Crippen molar-refractivity contribution in [1.29, 1.82) is 0 Å². The Morgan fingerprint density at radius 2 is 2.04 bits per heavy atom. The van der Waals surface area contributed by atoms with E-state index in [0.717, 1.165) is 22.5 Å². The van der Waals surface area contributed by atoms with Crippen LogP contribution in [0.5, 0.6) is 0 Å². The van der Waals surface area contributed by atoms with E-state index in [1.165, 1.54) is 13.1 Å². The Kier molecular flexibility index (Phi) is 4.30. The second-order valence-corrected chi connectivity index (χ2v) is 7.48. The van der Waals surface area contributed by atoms with Gasteiger partial charge in [0.1, 0.15) is 0 Å². The number of anilines is 1. The van der Waals surface area contributed by atoms with E-state index in [-0.39, 0.29) is 18.8 Å². The van der Waals surface area contributed by atoms with Crippen LogP contribution in [0.3, 0.4) is 0 Å². The van der Waals surface area contributed by atoms with Crippen LogP contribution in [0, 0.1) is 13.8 Å². The number of aromatic nitrogens is 3. The quantitative estimate of drug-likeness (QED) is 0.722. The molecule has 3 N–H and O–H groups in total. The number of fused-ring (bicyclic) bond motifs is 1. The molecule has 0 spiro atoms. The molecule has 2 atom stereocenters. The molecule has 1 aliphatic rings. The summed E-state index contributed by atoms with van der Waals surface area (Å²) in [6.07, 6.45) is 3.26. The van der Waals surface area contributed by atoms with Gasteiger partial charge in [-0.2, -0.15) is 5.10 Å². The first-order valence-corrected chi connectivity index (χ1v) is 9.04. The van der Waals surface area contributed by atoms with Gasteiger partial charge in [-0.3, -0.25) is 9.78 Å². The van der Waals surface area contributed by atoms with Crippen molar-refractivity contribution >= 4 is 17.1 Å². The molecule has 0 aromatic carbocycles. The Balaban J connectivity index is 1.85. The summed E-state index contributed by atoms with van der Waals surface area (Å²) >= 11 is 0. The fourth-order valence-corrected chi connectivity index (χ4v) is 3.57. The van der Waals surface area contributed by atoms with Gasteiger partial charge in [0.05, 0.1) is 42.2 Å². The molecule has 1 fully saturated rings. The van der Waals surface area contributed by atoms with Crippen molar-refractivity contribution in [3.8, 4) is 11.1 Å². The molecule has 3 aromatic heterocycles. The number of hydrogen-bond acceptors (Lipinski definition) is 5. The number of nitrogens with one attached hydrogen (secondary N) is 1. The number of ether oxygens (including phenoxy) is 1. The Morgan fingerprint density at radius 1 is 1.32 bits per heavy atom. The fraction of sp³-hybridized carbons (Fsp3) is 0.350. The van der Waals surface area contributed by atoms with Gasteiger partial charge in [-0.05, 0) is 44.5 Å². The number of amides is 1. The summed E-state index contributed by atoms with van der Waals surface area (Å²) in [6, 6.07) is 5.27. The van der Waals surface area contributed by atoms with Crippen LogP contribution in [-0.4, -0.2) is 45.4 Å². The number of carbonyl (C=O) groups is 1. The van der Waals surface area contributed by atoms with Gasteiger partial charge in [0.25, 0.3) is 5.91 Å². The number of nitrogens with two attached hydrogens (primary N) is 1. The summed E-state index contributed by atoms with van der Waals surface area (Å²) in [6.45, 7) is 5.55. The van der Waals surface area contributed by atoms with Gasteiger partial charge in [0.15, 0.2) is 5.67 Å². The van der Waals surface area contributed by atoms with Gasteiger partial charge < -0.3 is 15.8 Å². The van der Waals surface area contributed by atoms with Gasteiger partial charge in [0.2, 0.25) is 0 Å². The zero-order chi connectivity index (χ0) is 20.1. The average Bonchev–Trinajstić information content (AvgIpc) is 3.17. The predicted octanol–water partition coefficient (Wildman–Crippen LogP) is 2.65. The summed E-state index contributed by atoms with van der Waals surface area (Å²) < 4.78 is 21.6. The van der Waals surface area contributed by atoms with Gasteiger partial charge in [-0.1, -0.05) is 0 Å². The molecule has 0 saturated carbocycles. The maximum absolute atomic E-state index is 14.7. The van der Waals surface area contributed by atoms with Gasteiger partial charge in [0, 0.05) is 23.1 Å². The van der Waals surface area contributed by atoms with Gasteiger partial charge in [-0.15, -0.1) is 0 Å². The van der Waals surface area contributed by atoms with E-state index in [2.05, 4.69) is 15.4 Å². The molecule has 3 aromatic rings. The number of hydrogen-bond donors (Lipinski definition) is 2. The molecule has 1 aliphatic heterocycles. The zero-order valence-corrected chi connectivity index (χ0v) is 16.0. The number of aryl methyl sites for hydroxylation is 2. The number of halogens is 1. The summed E-state index contributed by atoms with van der Waals surface area (Å²) in [5.41, 5.74) is 9.01. The molecule has 0 bridgehead atoms. The van der Waals surface area contributed by atoms with Crippen molar-refractivity contribution < 1.29 is 13.9 Å². The molecule has 0 aliphatic carbocycles. The summed E-state index contributed by atoms with van der Waals surface area (Å²) in [7, 11) is 0. The van der Waals surface area contributed by atoms with Gasteiger partial charge in [-0.25, -0.2) is 8.91 Å². The van der Waals surface area contributed by atoms with Gasteiger partial charge >= 0.3 is 0 Å². The number of pyridine rings is 1. The number of carbonyl (C=O) groups excluding carboxylic acids is 1. The minimum absolute atomic E-state index is 0.000227. The number of rotatable bonds is 4. The van der Waals surface area contributed by atoms with Crippen molar-refractivity contribution in [1.82, 2.24) is 14.6 Å². The fourth-order valence-electron chi connectivity index (χ4n) is 3.57. The maximum atomic E-state index is 14.7. The molecule has 2 unspecified atom stereocenters. The average molecular weight is 383 g/mol. The highest BCUT2D eigenvalue weighted by Gasteiger charge is 2.41. The molecule has 146 valence electrons. The molecular formula is C20H22FN5O2. The Bertz CT molecular complexity index is 1060. The molecular weight excluding hydrogens is 361 g/mol. The minimum atomic E-state index is -1.55. The lowest BCUT2D eigenvalue weighted by molar-refractivity contribution is 0.1000. The summed E-state index contributed by atoms with van der Waals surface area (Å²) in [5.74, 6) is -0.629. The van der Waals surface area contributed by atoms with Crippen LogP contribution in [-0.2, 0) is 4.74 Å². The van der Waals surface area contributed by atoms with Crippen LogP contribution in [0.4, 0.5) is 10.1 Å². The molecule has 28 heavy (non-hydrogen) atoms. The first-order chi connectivity index (χ1) is 13.2. The highest BCUT2D eigenvalue weighted by molar-refractivity contribution is 6.02. The molecule has 1 saturated heterocycles. The summed E-state index contributed by atoms with van der Waals surface area (Å²) in [5, 5.41) is 7.44. The third-order valence-electron chi connectivity index (χ3n) is 5.03. The second-order valence-electron chi connectivity index (χ2n) is 7.48. The van der Waals surface area contributed by atoms with E-state index in [0.29, 0.717) is 11.2 Å². The normalized spacial score (nSPS) is 21.9. The van der Waals surface area contributed by atoms with Crippen molar-refractivity contribution in [2.45, 2.75) is 32.5 Å². The zero-order valence-electron chi connectivity index (χ0n) is 16.0. The van der Waals surface area contributed by atoms with E-state index in [4.69, 9.17) is 10.5 Å². The Hall–Kier alpha value is -3.00. The highest BCUT2D eigenvalue weighted by Crippen LogP contribution is 2.32. The molecule has 4 heterocycles. The predicted molar refractivity (Wildman–Crippen MR) is 104 cm³/mol. The molecule has 1 amide bonds. The molecule has 0 radical (unpaired) electrons. The first-order valence-electron chi connectivity index (χ1n) is 9.04. The minimum Gasteiger partial charge on any atom is -0.376 e. The number of nitrogens with zero attached hydrogens (tertiary/aromatic N) is 3. The van der Waals surface area contributed by atoms with E-state index in [1.54, 1.807) is 4.52 Å². The largest absolute Gasteiger partial charge is 0.376 e. The lowest BCUT2D eigenvalue weighted by Gasteiger charge is -2.24. The first kappa shape index (κ1) is 18.4. The van der Waals surface area contributed by atoms with Crippen molar-refractivity contribution in [2.75, 3.05) is 18.5 Å². The Labute approximate surface area is 161 Å². The second kappa shape index (κ2) is 6.56. The third kappa shape index (κ3) is 3.20. The number of alkyl halides is 1. The van der Waals surface area contributed by atoms with Crippen molar-refractivity contribution in [2.24, 2.45) is 5.73 Å². The SMILES string of the molecule is Cc1cc(-c2cc3c(NC4COCC4(C)F)c(C(N)=O)cnn3c2)cc(C)n1. The van der Waals surface area contributed by atoms with Crippen molar-refractivity contribution in [3.63, 3.8) is 0 Å². The highest BCUT2D eigenvalue weighted by atomic mass is 19.1. The van der Waals surface area contributed by atoms with Crippen LogP contribution < -0.4 is 11.1 Å². The third-order valence-corrected chi connectivity index (χ3v) is 5.03. The maximum Gasteiger partial charge on any atom is 0.252 e. The van der Waals surface area contributed by atoms with Crippen LogP contribution in [0.1, 0.15) is 28.7 Å². The standard InChI is InChI=1S/C20H22FN5O2/c1-11-4-13(5-12(2)24-11)14-6-16-18(25-17-9-28-10-20(17,3)21)15(19(22)27)7-23-26(16)8-14/h4-8,17,25H,9-10H2,1-3H3,(H2,22,27). The smallest absolute Gasteiger partial charge is 0.252 e. The van der Waals surface area contributed by atoms with Crippen LogP contribution in [0.15, 0.2) is 30.6 Å². The molecule has 4 rings (SSSR count). The van der Waals surface area contributed by atoms with Crippen LogP contribution in [0.25, 0.3) is 16.6 Å². The monoisotopic (exact) mass is 383 g/mol. The Morgan fingerprint density at radius 3 is 2.64 bits per heavy atom. The van der Waals surface area contributed by atoms with E-state index in [9.17, 15) is 9.18 Å². The molecule has 8 heteroatoms. The lowest BCUT2D eigenvalue weighted by atomic mass is 10.0. The van der Waals surface area contributed by atoms with E-state index >= 15 is 0 Å². The van der Waals surface area contributed by atoms with E-state index < -0.39 is 17.6 Å². The van der Waals surface area contributed by atoms with E-state index in [1.807, 2.05) is 38.2 Å². The van der Waals surface area contributed by atoms with Crippen LogP contribution >= 0.6 is 0 Å². The topological polar surface area (TPSA) is 94.5 Å². The molecule has 7 nitrogen and oxygen atoms in total. The van der Waals surface area contributed by atoms with Crippen molar-refractivity contribution in [3.05, 3.63) is 47.5 Å². The van der Waals surface area contributed by atoms with Crippen LogP contribution in [0.2, 0.25) is 0 Å². The number of primary amides is 1. The summed E-state index contributed by atoms with van der Waals surface area (Å²) in [4.78, 5) is 16.4. The lowest BCUT2D eigenvalue weighted by Crippen LogP contribution is -2.40.